The Morgan fingerprint density at radius 1 is 1.26 bits per heavy atom. The first-order valence-electron chi connectivity index (χ1n) is 7.14. The van der Waals surface area contributed by atoms with Crippen LogP contribution in [0.5, 0.6) is 0 Å². The summed E-state index contributed by atoms with van der Waals surface area (Å²) in [4.78, 5) is 15.9. The molecule has 3 rings (SSSR count). The Hall–Kier alpha value is -0.840. The number of carboxylic acids is 1. The lowest BCUT2D eigenvalue weighted by atomic mass is 9.84. The molecule has 1 aliphatic carbocycles. The van der Waals surface area contributed by atoms with Crippen molar-refractivity contribution >= 4 is 21.9 Å². The summed E-state index contributed by atoms with van der Waals surface area (Å²) in [6.45, 7) is 0.770. The van der Waals surface area contributed by atoms with Gasteiger partial charge in [0.05, 0.1) is 11.6 Å². The van der Waals surface area contributed by atoms with Crippen LogP contribution in [-0.2, 0) is 17.8 Å². The summed E-state index contributed by atoms with van der Waals surface area (Å²) < 4.78 is 3.05. The Balaban J connectivity index is 1.91. The summed E-state index contributed by atoms with van der Waals surface area (Å²) in [7, 11) is 0. The van der Waals surface area contributed by atoms with Crippen LogP contribution in [0.2, 0.25) is 0 Å². The number of imidazole rings is 1. The second-order valence-corrected chi connectivity index (χ2v) is 6.44. The third-order valence-electron chi connectivity index (χ3n) is 4.54. The molecule has 0 spiro atoms. The van der Waals surface area contributed by atoms with Crippen molar-refractivity contribution in [3.05, 3.63) is 16.1 Å². The Morgan fingerprint density at radius 3 is 2.68 bits per heavy atom. The van der Waals surface area contributed by atoms with E-state index in [-0.39, 0.29) is 5.92 Å². The quantitative estimate of drug-likeness (QED) is 0.906. The van der Waals surface area contributed by atoms with Crippen molar-refractivity contribution in [3.8, 4) is 0 Å². The summed E-state index contributed by atoms with van der Waals surface area (Å²) in [5.41, 5.74) is 2.33. The Morgan fingerprint density at radius 2 is 2.00 bits per heavy atom. The minimum Gasteiger partial charge on any atom is -0.481 e. The molecule has 0 radical (unpaired) electrons. The van der Waals surface area contributed by atoms with E-state index in [1.54, 1.807) is 0 Å². The Labute approximate surface area is 121 Å². The van der Waals surface area contributed by atoms with Gasteiger partial charge in [0.2, 0.25) is 0 Å². The largest absolute Gasteiger partial charge is 0.481 e. The molecule has 0 bridgehead atoms. The minimum absolute atomic E-state index is 0.238. The van der Waals surface area contributed by atoms with Gasteiger partial charge in [0, 0.05) is 24.6 Å². The standard InChI is InChI=1S/C14H19BrN2O2/c15-14-16-12(9-4-2-1-3-5-9)11-8-10(13(18)19)6-7-17(11)14/h9-10H,1-8H2,(H,18,19). The fourth-order valence-electron chi connectivity index (χ4n) is 3.45. The van der Waals surface area contributed by atoms with Crippen LogP contribution < -0.4 is 0 Å². The number of halogens is 1. The van der Waals surface area contributed by atoms with E-state index >= 15 is 0 Å². The van der Waals surface area contributed by atoms with E-state index in [4.69, 9.17) is 4.98 Å². The number of hydrogen-bond acceptors (Lipinski definition) is 2. The van der Waals surface area contributed by atoms with Crippen LogP contribution in [0.4, 0.5) is 0 Å². The van der Waals surface area contributed by atoms with Crippen molar-refractivity contribution in [1.29, 1.82) is 0 Å². The highest BCUT2D eigenvalue weighted by molar-refractivity contribution is 9.10. The second kappa shape index (κ2) is 5.27. The van der Waals surface area contributed by atoms with Crippen molar-refractivity contribution in [1.82, 2.24) is 9.55 Å². The van der Waals surface area contributed by atoms with Crippen LogP contribution in [0.15, 0.2) is 4.73 Å². The van der Waals surface area contributed by atoms with Crippen LogP contribution in [-0.4, -0.2) is 20.6 Å². The molecule has 1 fully saturated rings. The first-order valence-corrected chi connectivity index (χ1v) is 7.93. The van der Waals surface area contributed by atoms with Crippen LogP contribution in [0.3, 0.4) is 0 Å². The number of aliphatic carboxylic acids is 1. The van der Waals surface area contributed by atoms with Crippen molar-refractivity contribution in [3.63, 3.8) is 0 Å². The van der Waals surface area contributed by atoms with Gasteiger partial charge in [0.15, 0.2) is 4.73 Å². The maximum absolute atomic E-state index is 11.2. The van der Waals surface area contributed by atoms with Gasteiger partial charge >= 0.3 is 5.97 Å². The average Bonchev–Trinajstić information content (AvgIpc) is 2.77. The van der Waals surface area contributed by atoms with Gasteiger partial charge < -0.3 is 9.67 Å². The monoisotopic (exact) mass is 326 g/mol. The van der Waals surface area contributed by atoms with Gasteiger partial charge in [0.25, 0.3) is 0 Å². The molecule has 1 aromatic rings. The highest BCUT2D eigenvalue weighted by atomic mass is 79.9. The number of hydrogen-bond donors (Lipinski definition) is 1. The maximum atomic E-state index is 11.2. The Kier molecular flexibility index (Phi) is 3.65. The number of aromatic nitrogens is 2. The molecule has 0 aromatic carbocycles. The van der Waals surface area contributed by atoms with Gasteiger partial charge in [0.1, 0.15) is 0 Å². The van der Waals surface area contributed by atoms with Gasteiger partial charge in [-0.2, -0.15) is 0 Å². The molecule has 2 aliphatic rings. The second-order valence-electron chi connectivity index (χ2n) is 5.73. The highest BCUT2D eigenvalue weighted by Gasteiger charge is 2.31. The maximum Gasteiger partial charge on any atom is 0.306 e. The molecule has 5 heteroatoms. The first kappa shape index (κ1) is 13.2. The topological polar surface area (TPSA) is 55.1 Å². The summed E-state index contributed by atoms with van der Waals surface area (Å²) in [6, 6.07) is 0. The molecule has 1 saturated carbocycles. The number of rotatable bonds is 2. The number of carbonyl (C=O) groups is 1. The van der Waals surface area contributed by atoms with E-state index in [1.807, 2.05) is 0 Å². The molecule has 1 unspecified atom stereocenters. The van der Waals surface area contributed by atoms with E-state index in [0.29, 0.717) is 18.8 Å². The van der Waals surface area contributed by atoms with Crippen LogP contribution in [0, 0.1) is 5.92 Å². The lowest BCUT2D eigenvalue weighted by Gasteiger charge is -2.25. The third kappa shape index (κ3) is 2.45. The van der Waals surface area contributed by atoms with E-state index in [9.17, 15) is 9.90 Å². The molecule has 19 heavy (non-hydrogen) atoms. The lowest BCUT2D eigenvalue weighted by molar-refractivity contribution is -0.142. The smallest absolute Gasteiger partial charge is 0.306 e. The van der Waals surface area contributed by atoms with E-state index in [2.05, 4.69) is 20.5 Å². The van der Waals surface area contributed by atoms with Gasteiger partial charge in [-0.15, -0.1) is 0 Å². The van der Waals surface area contributed by atoms with Crippen molar-refractivity contribution in [2.75, 3.05) is 0 Å². The molecule has 1 N–H and O–H groups in total. The minimum atomic E-state index is -0.668. The SMILES string of the molecule is O=C(O)C1CCn2c(Br)nc(C3CCCCC3)c2C1. The molecular formula is C14H19BrN2O2. The molecule has 0 amide bonds. The predicted octanol–water partition coefficient (Wildman–Crippen LogP) is 3.34. The zero-order valence-corrected chi connectivity index (χ0v) is 12.5. The lowest BCUT2D eigenvalue weighted by Crippen LogP contribution is -2.26. The molecule has 4 nitrogen and oxygen atoms in total. The van der Waals surface area contributed by atoms with Gasteiger partial charge in [-0.3, -0.25) is 4.79 Å². The molecule has 1 aromatic heterocycles. The Bertz CT molecular complexity index is 492. The summed E-state index contributed by atoms with van der Waals surface area (Å²) >= 11 is 3.53. The molecule has 1 atom stereocenters. The van der Waals surface area contributed by atoms with Crippen molar-refractivity contribution < 1.29 is 9.90 Å². The molecule has 0 saturated heterocycles. The number of nitrogens with zero attached hydrogens (tertiary/aromatic N) is 2. The van der Waals surface area contributed by atoms with Crippen LogP contribution in [0.1, 0.15) is 55.8 Å². The van der Waals surface area contributed by atoms with Crippen molar-refractivity contribution in [2.45, 2.75) is 57.4 Å². The average molecular weight is 327 g/mol. The zero-order valence-electron chi connectivity index (χ0n) is 10.9. The van der Waals surface area contributed by atoms with Gasteiger partial charge in [-0.1, -0.05) is 19.3 Å². The van der Waals surface area contributed by atoms with E-state index in [0.717, 1.165) is 22.7 Å². The van der Waals surface area contributed by atoms with E-state index in [1.165, 1.54) is 32.1 Å². The number of carboxylic acid groups (broad SMARTS) is 1. The van der Waals surface area contributed by atoms with Gasteiger partial charge in [-0.05, 0) is 35.2 Å². The molecule has 1 aliphatic heterocycles. The summed E-state index contributed by atoms with van der Waals surface area (Å²) in [5, 5.41) is 9.23. The van der Waals surface area contributed by atoms with Gasteiger partial charge in [-0.25, -0.2) is 4.98 Å². The third-order valence-corrected chi connectivity index (χ3v) is 5.14. The van der Waals surface area contributed by atoms with E-state index < -0.39 is 5.97 Å². The highest BCUT2D eigenvalue weighted by Crippen LogP contribution is 2.37. The summed E-state index contributed by atoms with van der Waals surface area (Å²) in [6.07, 6.45) is 7.63. The predicted molar refractivity (Wildman–Crippen MR) is 75.2 cm³/mol. The first-order chi connectivity index (χ1) is 9.16. The summed E-state index contributed by atoms with van der Waals surface area (Å²) in [5.74, 6) is -0.370. The van der Waals surface area contributed by atoms with Crippen LogP contribution in [0.25, 0.3) is 0 Å². The molecular weight excluding hydrogens is 308 g/mol. The molecule has 2 heterocycles. The molecule has 104 valence electrons. The van der Waals surface area contributed by atoms with Crippen molar-refractivity contribution in [2.24, 2.45) is 5.92 Å². The fourth-order valence-corrected chi connectivity index (χ4v) is 4.03. The van der Waals surface area contributed by atoms with Crippen LogP contribution >= 0.6 is 15.9 Å². The zero-order chi connectivity index (χ0) is 13.4. The number of fused-ring (bicyclic) bond motifs is 1. The normalized spacial score (nSPS) is 24.2. The fraction of sp³-hybridized carbons (Fsp3) is 0.714.